The first kappa shape index (κ1) is 13.3. The van der Waals surface area contributed by atoms with Crippen molar-refractivity contribution in [2.75, 3.05) is 20.1 Å². The Kier molecular flexibility index (Phi) is 5.56. The van der Waals surface area contributed by atoms with E-state index in [0.29, 0.717) is 0 Å². The lowest BCUT2D eigenvalue weighted by Crippen LogP contribution is -2.23. The van der Waals surface area contributed by atoms with Crippen molar-refractivity contribution in [2.24, 2.45) is 0 Å². The van der Waals surface area contributed by atoms with Gasteiger partial charge in [-0.2, -0.15) is 0 Å². The summed E-state index contributed by atoms with van der Waals surface area (Å²) >= 11 is 0. The number of rotatable bonds is 7. The molecule has 0 aliphatic rings. The highest BCUT2D eigenvalue weighted by Crippen LogP contribution is 2.16. The maximum absolute atomic E-state index is 5.76. The molecule has 1 aromatic rings. The van der Waals surface area contributed by atoms with Gasteiger partial charge in [-0.25, -0.2) is 0 Å². The van der Waals surface area contributed by atoms with E-state index in [0.717, 1.165) is 37.7 Å². The average Bonchev–Trinajstić information content (AvgIpc) is 2.59. The summed E-state index contributed by atoms with van der Waals surface area (Å²) in [6, 6.07) is 2.17. The van der Waals surface area contributed by atoms with Crippen LogP contribution in [0.25, 0.3) is 0 Å². The van der Waals surface area contributed by atoms with Gasteiger partial charge in [0.2, 0.25) is 0 Å². The van der Waals surface area contributed by atoms with Gasteiger partial charge >= 0.3 is 0 Å². The first-order valence-electron chi connectivity index (χ1n) is 6.16. The summed E-state index contributed by atoms with van der Waals surface area (Å²) in [4.78, 5) is 2.40. The van der Waals surface area contributed by atoms with Gasteiger partial charge < -0.3 is 9.73 Å². The molecule has 0 saturated heterocycles. The Morgan fingerprint density at radius 3 is 2.69 bits per heavy atom. The molecule has 0 saturated carbocycles. The van der Waals surface area contributed by atoms with E-state index in [1.807, 2.05) is 14.0 Å². The molecule has 0 spiro atoms. The third-order valence-electron chi connectivity index (χ3n) is 2.81. The second kappa shape index (κ2) is 6.71. The molecule has 1 heterocycles. The van der Waals surface area contributed by atoms with E-state index in [2.05, 4.69) is 30.1 Å². The Hall–Kier alpha value is -0.800. The van der Waals surface area contributed by atoms with Gasteiger partial charge in [-0.3, -0.25) is 4.90 Å². The molecular formula is C13H24N2O. The number of hydrogen-bond donors (Lipinski definition) is 1. The second-order valence-corrected chi connectivity index (χ2v) is 4.19. The molecule has 0 amide bonds. The minimum absolute atomic E-state index is 0.884. The summed E-state index contributed by atoms with van der Waals surface area (Å²) in [6.07, 6.45) is 1.19. The molecule has 3 nitrogen and oxygen atoms in total. The molecule has 0 aliphatic heterocycles. The third kappa shape index (κ3) is 3.65. The van der Waals surface area contributed by atoms with E-state index in [1.165, 1.54) is 12.0 Å². The lowest BCUT2D eigenvalue weighted by atomic mass is 10.2. The first-order chi connectivity index (χ1) is 7.71. The highest BCUT2D eigenvalue weighted by Gasteiger charge is 2.09. The Bertz CT molecular complexity index is 307. The van der Waals surface area contributed by atoms with Gasteiger partial charge in [0.15, 0.2) is 0 Å². The Morgan fingerprint density at radius 2 is 2.12 bits per heavy atom. The Morgan fingerprint density at radius 1 is 1.38 bits per heavy atom. The molecule has 16 heavy (non-hydrogen) atoms. The minimum atomic E-state index is 0.884. The highest BCUT2D eigenvalue weighted by molar-refractivity contribution is 5.20. The predicted octanol–water partition coefficient (Wildman–Crippen LogP) is 2.54. The SMILES string of the molecule is CCCN(CC)Cc1cc(CNC)c(C)o1. The fourth-order valence-electron chi connectivity index (χ4n) is 1.92. The van der Waals surface area contributed by atoms with Gasteiger partial charge in [-0.15, -0.1) is 0 Å². The number of furan rings is 1. The van der Waals surface area contributed by atoms with Crippen LogP contribution < -0.4 is 5.32 Å². The molecule has 0 bridgehead atoms. The first-order valence-corrected chi connectivity index (χ1v) is 6.16. The maximum atomic E-state index is 5.76. The van der Waals surface area contributed by atoms with Gasteiger partial charge in [-0.05, 0) is 39.5 Å². The van der Waals surface area contributed by atoms with E-state index in [4.69, 9.17) is 4.42 Å². The summed E-state index contributed by atoms with van der Waals surface area (Å²) in [5, 5.41) is 3.16. The summed E-state index contributed by atoms with van der Waals surface area (Å²) in [6.45, 7) is 10.5. The summed E-state index contributed by atoms with van der Waals surface area (Å²) in [5.41, 5.74) is 1.27. The summed E-state index contributed by atoms with van der Waals surface area (Å²) < 4.78 is 5.76. The summed E-state index contributed by atoms with van der Waals surface area (Å²) in [7, 11) is 1.96. The van der Waals surface area contributed by atoms with E-state index >= 15 is 0 Å². The number of aryl methyl sites for hydroxylation is 1. The van der Waals surface area contributed by atoms with Crippen LogP contribution in [0.4, 0.5) is 0 Å². The maximum Gasteiger partial charge on any atom is 0.118 e. The monoisotopic (exact) mass is 224 g/mol. The topological polar surface area (TPSA) is 28.4 Å². The smallest absolute Gasteiger partial charge is 0.118 e. The Balaban J connectivity index is 2.62. The zero-order valence-electron chi connectivity index (χ0n) is 11.0. The minimum Gasteiger partial charge on any atom is -0.465 e. The molecule has 0 radical (unpaired) electrons. The fourth-order valence-corrected chi connectivity index (χ4v) is 1.92. The Labute approximate surface area is 98.8 Å². The molecule has 1 N–H and O–H groups in total. The van der Waals surface area contributed by atoms with Crippen molar-refractivity contribution >= 4 is 0 Å². The van der Waals surface area contributed by atoms with Crippen LogP contribution in [0, 0.1) is 6.92 Å². The van der Waals surface area contributed by atoms with Crippen molar-refractivity contribution in [3.8, 4) is 0 Å². The van der Waals surface area contributed by atoms with E-state index in [1.54, 1.807) is 0 Å². The van der Waals surface area contributed by atoms with E-state index in [-0.39, 0.29) is 0 Å². The van der Waals surface area contributed by atoms with Crippen LogP contribution in [-0.2, 0) is 13.1 Å². The van der Waals surface area contributed by atoms with Crippen LogP contribution in [-0.4, -0.2) is 25.0 Å². The number of nitrogens with zero attached hydrogens (tertiary/aromatic N) is 1. The van der Waals surface area contributed by atoms with E-state index in [9.17, 15) is 0 Å². The van der Waals surface area contributed by atoms with Gasteiger partial charge in [-0.1, -0.05) is 13.8 Å². The van der Waals surface area contributed by atoms with Crippen LogP contribution >= 0.6 is 0 Å². The number of nitrogens with one attached hydrogen (secondary N) is 1. The quantitative estimate of drug-likeness (QED) is 0.771. The van der Waals surface area contributed by atoms with Gasteiger partial charge in [0.1, 0.15) is 11.5 Å². The lowest BCUT2D eigenvalue weighted by molar-refractivity contribution is 0.254. The van der Waals surface area contributed by atoms with Crippen LogP contribution in [0.15, 0.2) is 10.5 Å². The number of hydrogen-bond acceptors (Lipinski definition) is 3. The van der Waals surface area contributed by atoms with Crippen molar-refractivity contribution in [3.63, 3.8) is 0 Å². The van der Waals surface area contributed by atoms with Crippen LogP contribution in [0.3, 0.4) is 0 Å². The molecule has 0 fully saturated rings. The second-order valence-electron chi connectivity index (χ2n) is 4.19. The van der Waals surface area contributed by atoms with Gasteiger partial charge in [0, 0.05) is 12.1 Å². The molecule has 92 valence electrons. The third-order valence-corrected chi connectivity index (χ3v) is 2.81. The largest absolute Gasteiger partial charge is 0.465 e. The van der Waals surface area contributed by atoms with Crippen molar-refractivity contribution in [3.05, 3.63) is 23.2 Å². The van der Waals surface area contributed by atoms with E-state index < -0.39 is 0 Å². The lowest BCUT2D eigenvalue weighted by Gasteiger charge is -2.17. The van der Waals surface area contributed by atoms with Crippen LogP contribution in [0.2, 0.25) is 0 Å². The average molecular weight is 224 g/mol. The highest BCUT2D eigenvalue weighted by atomic mass is 16.3. The van der Waals surface area contributed by atoms with Crippen LogP contribution in [0.1, 0.15) is 37.4 Å². The molecule has 1 aromatic heterocycles. The normalized spacial score (nSPS) is 11.3. The zero-order chi connectivity index (χ0) is 12.0. The molecular weight excluding hydrogens is 200 g/mol. The summed E-state index contributed by atoms with van der Waals surface area (Å²) in [5.74, 6) is 2.12. The molecule has 0 atom stereocenters. The van der Waals surface area contributed by atoms with Crippen LogP contribution in [0.5, 0.6) is 0 Å². The van der Waals surface area contributed by atoms with Gasteiger partial charge in [0.25, 0.3) is 0 Å². The van der Waals surface area contributed by atoms with Crippen molar-refractivity contribution in [1.29, 1.82) is 0 Å². The molecule has 3 heteroatoms. The molecule has 0 unspecified atom stereocenters. The standard InChI is InChI=1S/C13H24N2O/c1-5-7-15(6-2)10-13-8-12(9-14-4)11(3)16-13/h8,14H,5-7,9-10H2,1-4H3. The van der Waals surface area contributed by atoms with Crippen molar-refractivity contribution in [2.45, 2.75) is 40.3 Å². The van der Waals surface area contributed by atoms with Crippen molar-refractivity contribution < 1.29 is 4.42 Å². The van der Waals surface area contributed by atoms with Crippen molar-refractivity contribution in [1.82, 2.24) is 10.2 Å². The molecule has 0 aliphatic carbocycles. The zero-order valence-corrected chi connectivity index (χ0v) is 11.0. The molecule has 1 rings (SSSR count). The van der Waals surface area contributed by atoms with Gasteiger partial charge in [0.05, 0.1) is 6.54 Å². The fraction of sp³-hybridized carbons (Fsp3) is 0.692. The predicted molar refractivity (Wildman–Crippen MR) is 67.5 cm³/mol. The molecule has 0 aromatic carbocycles.